The number of amides is 1. The molecule has 0 spiro atoms. The van der Waals surface area contributed by atoms with Crippen LogP contribution in [0.25, 0.3) is 11.0 Å². The zero-order valence-electron chi connectivity index (χ0n) is 19.3. The molecule has 1 amide bonds. The molecule has 2 aromatic heterocycles. The molecule has 8 nitrogen and oxygen atoms in total. The number of hydrogen-bond donors (Lipinski definition) is 1. The molecule has 0 bridgehead atoms. The molecule has 0 radical (unpaired) electrons. The molecule has 0 fully saturated rings. The average Bonchev–Trinajstić information content (AvgIpc) is 3.19. The van der Waals surface area contributed by atoms with Crippen LogP contribution in [0.5, 0.6) is 0 Å². The number of carbonyl (C=O) groups excluding carboxylic acids is 1. The molecule has 0 saturated heterocycles. The summed E-state index contributed by atoms with van der Waals surface area (Å²) in [5.74, 6) is -0.354. The first kappa shape index (κ1) is 22.3. The lowest BCUT2D eigenvalue weighted by Gasteiger charge is -2.13. The summed E-state index contributed by atoms with van der Waals surface area (Å²) in [6.45, 7) is 8.19. The zero-order chi connectivity index (χ0) is 23.7. The number of aryl methyl sites for hydroxylation is 4. The number of anilines is 1. The molecule has 4 rings (SSSR count). The summed E-state index contributed by atoms with van der Waals surface area (Å²) in [7, 11) is 0. The second-order valence-electron chi connectivity index (χ2n) is 8.39. The summed E-state index contributed by atoms with van der Waals surface area (Å²) in [6.07, 6.45) is 1.64. The van der Waals surface area contributed by atoms with Crippen LogP contribution in [0.2, 0.25) is 0 Å². The highest BCUT2D eigenvalue weighted by Gasteiger charge is 2.19. The molecule has 8 heteroatoms. The van der Waals surface area contributed by atoms with Gasteiger partial charge >= 0.3 is 5.69 Å². The van der Waals surface area contributed by atoms with Crippen LogP contribution in [-0.2, 0) is 24.4 Å². The molecule has 2 heterocycles. The maximum atomic E-state index is 13.4. The number of fused-ring (bicyclic) bond motifs is 1. The Hall–Kier alpha value is -3.94. The van der Waals surface area contributed by atoms with E-state index in [0.717, 1.165) is 26.8 Å². The van der Waals surface area contributed by atoms with Crippen LogP contribution in [0.15, 0.2) is 58.3 Å². The normalized spacial score (nSPS) is 11.2. The standard InChI is InChI=1S/C25H27N5O3/c1-5-28-14-21-23(27-28)24(32)30(13-19-8-6-16(2)7-9-19)25(33)29(21)15-22(31)26-20-11-17(3)10-18(4)12-20/h6-12,14H,5,13,15H2,1-4H3,(H,26,31). The van der Waals surface area contributed by atoms with Gasteiger partial charge in [-0.25, -0.2) is 4.79 Å². The lowest BCUT2D eigenvalue weighted by molar-refractivity contribution is -0.116. The third-order valence-electron chi connectivity index (χ3n) is 5.54. The number of carbonyl (C=O) groups is 1. The molecular formula is C25H27N5O3. The lowest BCUT2D eigenvalue weighted by atomic mass is 10.1. The SMILES string of the molecule is CCn1cc2c(n1)c(=O)n(Cc1ccc(C)cc1)c(=O)n2CC(=O)Nc1cc(C)cc(C)c1. The smallest absolute Gasteiger partial charge is 0.325 e. The van der Waals surface area contributed by atoms with E-state index in [1.807, 2.05) is 70.2 Å². The molecular weight excluding hydrogens is 418 g/mol. The minimum atomic E-state index is -0.542. The monoisotopic (exact) mass is 445 g/mol. The minimum Gasteiger partial charge on any atom is -0.325 e. The van der Waals surface area contributed by atoms with E-state index in [0.29, 0.717) is 17.7 Å². The summed E-state index contributed by atoms with van der Waals surface area (Å²) in [6, 6.07) is 13.4. The van der Waals surface area contributed by atoms with Crippen molar-refractivity contribution in [1.29, 1.82) is 0 Å². The van der Waals surface area contributed by atoms with Crippen molar-refractivity contribution in [2.24, 2.45) is 0 Å². The van der Waals surface area contributed by atoms with Crippen molar-refractivity contribution in [2.75, 3.05) is 5.32 Å². The Morgan fingerprint density at radius 1 is 0.939 bits per heavy atom. The van der Waals surface area contributed by atoms with Gasteiger partial charge < -0.3 is 5.32 Å². The number of rotatable bonds is 6. The van der Waals surface area contributed by atoms with Gasteiger partial charge in [-0.15, -0.1) is 0 Å². The Morgan fingerprint density at radius 3 is 2.24 bits per heavy atom. The predicted octanol–water partition coefficient (Wildman–Crippen LogP) is 2.99. The minimum absolute atomic E-state index is 0.103. The van der Waals surface area contributed by atoms with Crippen LogP contribution in [0.1, 0.15) is 29.2 Å². The van der Waals surface area contributed by atoms with Gasteiger partial charge in [0.05, 0.1) is 12.1 Å². The number of benzene rings is 2. The third kappa shape index (κ3) is 4.64. The van der Waals surface area contributed by atoms with E-state index in [2.05, 4.69) is 10.4 Å². The number of aromatic nitrogens is 4. The fourth-order valence-electron chi connectivity index (χ4n) is 3.95. The van der Waals surface area contributed by atoms with Crippen molar-refractivity contribution in [1.82, 2.24) is 18.9 Å². The van der Waals surface area contributed by atoms with Gasteiger partial charge in [0, 0.05) is 18.4 Å². The van der Waals surface area contributed by atoms with E-state index in [-0.39, 0.29) is 24.5 Å². The highest BCUT2D eigenvalue weighted by molar-refractivity contribution is 5.91. The van der Waals surface area contributed by atoms with Crippen LogP contribution in [0.4, 0.5) is 5.69 Å². The summed E-state index contributed by atoms with van der Waals surface area (Å²) in [5.41, 5.74) is 4.14. The van der Waals surface area contributed by atoms with Crippen molar-refractivity contribution in [3.05, 3.63) is 91.8 Å². The second-order valence-corrected chi connectivity index (χ2v) is 8.39. The Morgan fingerprint density at radius 2 is 1.61 bits per heavy atom. The van der Waals surface area contributed by atoms with Gasteiger partial charge in [0.25, 0.3) is 5.56 Å². The largest absolute Gasteiger partial charge is 0.332 e. The zero-order valence-corrected chi connectivity index (χ0v) is 19.3. The first-order valence-corrected chi connectivity index (χ1v) is 10.9. The van der Waals surface area contributed by atoms with Crippen molar-refractivity contribution in [3.63, 3.8) is 0 Å². The number of hydrogen-bond acceptors (Lipinski definition) is 4. The molecule has 0 aliphatic carbocycles. The van der Waals surface area contributed by atoms with Crippen molar-refractivity contribution in [3.8, 4) is 0 Å². The summed E-state index contributed by atoms with van der Waals surface area (Å²) in [5, 5.41) is 7.22. The van der Waals surface area contributed by atoms with E-state index in [1.54, 1.807) is 10.9 Å². The quantitative estimate of drug-likeness (QED) is 0.494. The highest BCUT2D eigenvalue weighted by atomic mass is 16.2. The molecule has 33 heavy (non-hydrogen) atoms. The van der Waals surface area contributed by atoms with Gasteiger partial charge in [-0.05, 0) is 56.5 Å². The van der Waals surface area contributed by atoms with Crippen molar-refractivity contribution < 1.29 is 4.79 Å². The predicted molar refractivity (Wildman–Crippen MR) is 129 cm³/mol. The Kier molecular flexibility index (Phi) is 6.00. The van der Waals surface area contributed by atoms with Gasteiger partial charge in [-0.3, -0.25) is 23.4 Å². The molecule has 170 valence electrons. The highest BCUT2D eigenvalue weighted by Crippen LogP contribution is 2.14. The van der Waals surface area contributed by atoms with E-state index in [1.165, 1.54) is 4.57 Å². The van der Waals surface area contributed by atoms with Gasteiger partial charge in [0.1, 0.15) is 6.54 Å². The Bertz CT molecular complexity index is 1440. The first-order valence-electron chi connectivity index (χ1n) is 10.9. The average molecular weight is 446 g/mol. The molecule has 0 saturated carbocycles. The summed E-state index contributed by atoms with van der Waals surface area (Å²) < 4.78 is 4.06. The maximum Gasteiger partial charge on any atom is 0.332 e. The van der Waals surface area contributed by atoms with Crippen LogP contribution in [0, 0.1) is 20.8 Å². The fourth-order valence-corrected chi connectivity index (χ4v) is 3.95. The Balaban J connectivity index is 1.76. The van der Waals surface area contributed by atoms with Crippen LogP contribution in [-0.4, -0.2) is 24.8 Å². The van der Waals surface area contributed by atoms with E-state index >= 15 is 0 Å². The van der Waals surface area contributed by atoms with E-state index in [9.17, 15) is 14.4 Å². The van der Waals surface area contributed by atoms with Gasteiger partial charge in [0.2, 0.25) is 5.91 Å². The molecule has 1 N–H and O–H groups in total. The number of nitrogens with one attached hydrogen (secondary N) is 1. The van der Waals surface area contributed by atoms with Gasteiger partial charge in [-0.1, -0.05) is 35.9 Å². The molecule has 0 aliphatic rings. The van der Waals surface area contributed by atoms with Crippen LogP contribution >= 0.6 is 0 Å². The van der Waals surface area contributed by atoms with Crippen molar-refractivity contribution in [2.45, 2.75) is 47.3 Å². The van der Waals surface area contributed by atoms with Crippen molar-refractivity contribution >= 4 is 22.6 Å². The summed E-state index contributed by atoms with van der Waals surface area (Å²) >= 11 is 0. The van der Waals surface area contributed by atoms with Gasteiger partial charge in [0.15, 0.2) is 5.52 Å². The second kappa shape index (κ2) is 8.90. The third-order valence-corrected chi connectivity index (χ3v) is 5.54. The van der Waals surface area contributed by atoms with Crippen LogP contribution in [0.3, 0.4) is 0 Å². The topological polar surface area (TPSA) is 90.9 Å². The molecule has 0 aliphatic heterocycles. The van der Waals surface area contributed by atoms with E-state index < -0.39 is 11.2 Å². The van der Waals surface area contributed by atoms with Gasteiger partial charge in [-0.2, -0.15) is 5.10 Å². The van der Waals surface area contributed by atoms with E-state index in [4.69, 9.17) is 0 Å². The lowest BCUT2D eigenvalue weighted by Crippen LogP contribution is -2.41. The molecule has 0 atom stereocenters. The summed E-state index contributed by atoms with van der Waals surface area (Å²) in [4.78, 5) is 39.4. The molecule has 2 aromatic carbocycles. The molecule has 0 unspecified atom stereocenters. The Labute approximate surface area is 191 Å². The first-order chi connectivity index (χ1) is 15.7. The number of nitrogens with zero attached hydrogens (tertiary/aromatic N) is 4. The maximum absolute atomic E-state index is 13.4. The molecule has 4 aromatic rings. The fraction of sp³-hybridized carbons (Fsp3) is 0.280. The van der Waals surface area contributed by atoms with Crippen LogP contribution < -0.4 is 16.6 Å².